The molecule has 2 rings (SSSR count). The zero-order chi connectivity index (χ0) is 13.2. The van der Waals surface area contributed by atoms with Crippen LogP contribution in [0, 0.1) is 0 Å². The SMILES string of the molecule is CC(C)(C)SCC(=O)N1CCCN2CCCC2C1. The highest BCUT2D eigenvalue weighted by Crippen LogP contribution is 2.25. The predicted octanol–water partition coefficient (Wildman–Crippen LogP) is 2.21. The summed E-state index contributed by atoms with van der Waals surface area (Å²) in [4.78, 5) is 17.0. The van der Waals surface area contributed by atoms with Gasteiger partial charge in [-0.05, 0) is 25.8 Å². The van der Waals surface area contributed by atoms with Crippen LogP contribution in [0.25, 0.3) is 0 Å². The Morgan fingerprint density at radius 1 is 1.22 bits per heavy atom. The number of amides is 1. The molecule has 1 unspecified atom stereocenters. The minimum absolute atomic E-state index is 0.181. The standard InChI is InChI=1S/C14H26N2OS/c1-14(2,3)18-11-13(17)16-9-5-8-15-7-4-6-12(15)10-16/h12H,4-11H2,1-3H3. The molecule has 0 spiro atoms. The molecule has 0 N–H and O–H groups in total. The Kier molecular flexibility index (Phi) is 4.59. The molecule has 0 aliphatic carbocycles. The molecule has 0 saturated carbocycles. The molecular formula is C14H26N2OS. The summed E-state index contributed by atoms with van der Waals surface area (Å²) in [6.07, 6.45) is 3.72. The third-order valence-corrected chi connectivity index (χ3v) is 5.04. The van der Waals surface area contributed by atoms with Crippen LogP contribution < -0.4 is 0 Å². The average Bonchev–Trinajstić information content (AvgIpc) is 2.62. The molecule has 2 heterocycles. The van der Waals surface area contributed by atoms with Crippen molar-refractivity contribution in [2.75, 3.05) is 31.9 Å². The Morgan fingerprint density at radius 3 is 2.67 bits per heavy atom. The van der Waals surface area contributed by atoms with Crippen LogP contribution in [-0.2, 0) is 4.79 Å². The first-order chi connectivity index (χ1) is 8.46. The summed E-state index contributed by atoms with van der Waals surface area (Å²) in [6.45, 7) is 10.9. The molecule has 0 bridgehead atoms. The maximum Gasteiger partial charge on any atom is 0.232 e. The van der Waals surface area contributed by atoms with E-state index in [1.807, 2.05) is 0 Å². The molecule has 1 amide bonds. The van der Waals surface area contributed by atoms with E-state index in [1.54, 1.807) is 11.8 Å². The Balaban J connectivity index is 1.86. The monoisotopic (exact) mass is 270 g/mol. The Bertz CT molecular complexity index is 301. The van der Waals surface area contributed by atoms with Crippen LogP contribution in [-0.4, -0.2) is 58.4 Å². The molecule has 18 heavy (non-hydrogen) atoms. The van der Waals surface area contributed by atoms with E-state index < -0.39 is 0 Å². The van der Waals surface area contributed by atoms with Gasteiger partial charge in [-0.15, -0.1) is 11.8 Å². The van der Waals surface area contributed by atoms with Crippen molar-refractivity contribution in [2.24, 2.45) is 0 Å². The van der Waals surface area contributed by atoms with E-state index in [4.69, 9.17) is 0 Å². The van der Waals surface area contributed by atoms with Gasteiger partial charge in [0.25, 0.3) is 0 Å². The summed E-state index contributed by atoms with van der Waals surface area (Å²) in [5.41, 5.74) is 0. The number of fused-ring (bicyclic) bond motifs is 1. The summed E-state index contributed by atoms with van der Waals surface area (Å²) in [5.74, 6) is 0.972. The molecule has 0 aromatic carbocycles. The van der Waals surface area contributed by atoms with Gasteiger partial charge in [0.15, 0.2) is 0 Å². The first-order valence-electron chi connectivity index (χ1n) is 7.11. The molecule has 2 saturated heterocycles. The van der Waals surface area contributed by atoms with Gasteiger partial charge in [0.05, 0.1) is 5.75 Å². The number of carbonyl (C=O) groups excluding carboxylic acids is 1. The van der Waals surface area contributed by atoms with Crippen LogP contribution in [0.2, 0.25) is 0 Å². The van der Waals surface area contributed by atoms with Crippen molar-refractivity contribution in [3.63, 3.8) is 0 Å². The van der Waals surface area contributed by atoms with Gasteiger partial charge in [0.1, 0.15) is 0 Å². The van der Waals surface area contributed by atoms with Crippen LogP contribution in [0.4, 0.5) is 0 Å². The summed E-state index contributed by atoms with van der Waals surface area (Å²) in [7, 11) is 0. The fourth-order valence-corrected chi connectivity index (χ4v) is 3.54. The van der Waals surface area contributed by atoms with Gasteiger partial charge in [-0.25, -0.2) is 0 Å². The largest absolute Gasteiger partial charge is 0.340 e. The van der Waals surface area contributed by atoms with Gasteiger partial charge < -0.3 is 4.90 Å². The lowest BCUT2D eigenvalue weighted by Gasteiger charge is -2.26. The number of hydrogen-bond donors (Lipinski definition) is 0. The number of hydrogen-bond acceptors (Lipinski definition) is 3. The van der Waals surface area contributed by atoms with Crippen LogP contribution in [0.15, 0.2) is 0 Å². The number of carbonyl (C=O) groups is 1. The summed E-state index contributed by atoms with van der Waals surface area (Å²) in [6, 6.07) is 0.635. The molecule has 0 aromatic heterocycles. The first-order valence-corrected chi connectivity index (χ1v) is 8.10. The van der Waals surface area contributed by atoms with Gasteiger partial charge in [0, 0.05) is 30.4 Å². The summed E-state index contributed by atoms with van der Waals surface area (Å²) < 4.78 is 0.181. The summed E-state index contributed by atoms with van der Waals surface area (Å²) >= 11 is 1.76. The van der Waals surface area contributed by atoms with E-state index in [0.717, 1.165) is 19.5 Å². The first kappa shape index (κ1) is 14.2. The van der Waals surface area contributed by atoms with Gasteiger partial charge in [-0.2, -0.15) is 0 Å². The third-order valence-electron chi connectivity index (χ3n) is 3.78. The minimum Gasteiger partial charge on any atom is -0.340 e. The molecule has 2 aliphatic heterocycles. The topological polar surface area (TPSA) is 23.6 Å². The van der Waals surface area contributed by atoms with E-state index in [2.05, 4.69) is 30.6 Å². The van der Waals surface area contributed by atoms with Crippen molar-refractivity contribution in [3.05, 3.63) is 0 Å². The second kappa shape index (κ2) is 5.83. The molecular weight excluding hydrogens is 244 g/mol. The highest BCUT2D eigenvalue weighted by Gasteiger charge is 2.30. The number of nitrogens with zero attached hydrogens (tertiary/aromatic N) is 2. The molecule has 3 nitrogen and oxygen atoms in total. The lowest BCUT2D eigenvalue weighted by molar-refractivity contribution is -0.128. The smallest absolute Gasteiger partial charge is 0.232 e. The highest BCUT2D eigenvalue weighted by atomic mass is 32.2. The quantitative estimate of drug-likeness (QED) is 0.768. The third kappa shape index (κ3) is 3.89. The van der Waals surface area contributed by atoms with Crippen molar-refractivity contribution < 1.29 is 4.79 Å². The van der Waals surface area contributed by atoms with Gasteiger partial charge in [0.2, 0.25) is 5.91 Å². The van der Waals surface area contributed by atoms with E-state index >= 15 is 0 Å². The fraction of sp³-hybridized carbons (Fsp3) is 0.929. The van der Waals surface area contributed by atoms with E-state index in [0.29, 0.717) is 17.7 Å². The highest BCUT2D eigenvalue weighted by molar-refractivity contribution is 8.01. The normalized spacial score (nSPS) is 25.9. The number of thioether (sulfide) groups is 1. The Labute approximate surface area is 115 Å². The van der Waals surface area contributed by atoms with Crippen molar-refractivity contribution >= 4 is 17.7 Å². The van der Waals surface area contributed by atoms with E-state index in [-0.39, 0.29) is 4.75 Å². The van der Waals surface area contributed by atoms with Crippen LogP contribution >= 0.6 is 11.8 Å². The van der Waals surface area contributed by atoms with Gasteiger partial charge in [-0.1, -0.05) is 20.8 Å². The van der Waals surface area contributed by atoms with Crippen LogP contribution in [0.5, 0.6) is 0 Å². The van der Waals surface area contributed by atoms with Crippen molar-refractivity contribution in [3.8, 4) is 0 Å². The molecule has 0 radical (unpaired) electrons. The lowest BCUT2D eigenvalue weighted by atomic mass is 10.2. The second-order valence-corrected chi connectivity index (χ2v) is 8.23. The maximum absolute atomic E-state index is 12.3. The molecule has 2 fully saturated rings. The number of rotatable bonds is 2. The minimum atomic E-state index is 0.181. The molecule has 0 aromatic rings. The molecule has 104 valence electrons. The van der Waals surface area contributed by atoms with Gasteiger partial charge in [-0.3, -0.25) is 9.69 Å². The maximum atomic E-state index is 12.3. The zero-order valence-corrected chi connectivity index (χ0v) is 12.8. The molecule has 2 aliphatic rings. The van der Waals surface area contributed by atoms with Crippen molar-refractivity contribution in [2.45, 2.75) is 50.8 Å². The Hall–Kier alpha value is -0.220. The van der Waals surface area contributed by atoms with Crippen LogP contribution in [0.3, 0.4) is 0 Å². The molecule has 4 heteroatoms. The van der Waals surface area contributed by atoms with Gasteiger partial charge >= 0.3 is 0 Å². The van der Waals surface area contributed by atoms with E-state index in [9.17, 15) is 4.79 Å². The fourth-order valence-electron chi connectivity index (χ4n) is 2.80. The lowest BCUT2D eigenvalue weighted by Crippen LogP contribution is -2.40. The van der Waals surface area contributed by atoms with Crippen molar-refractivity contribution in [1.29, 1.82) is 0 Å². The predicted molar refractivity (Wildman–Crippen MR) is 78.0 cm³/mol. The zero-order valence-electron chi connectivity index (χ0n) is 11.9. The van der Waals surface area contributed by atoms with Crippen LogP contribution in [0.1, 0.15) is 40.0 Å². The summed E-state index contributed by atoms with van der Waals surface area (Å²) in [5, 5.41) is 0. The average molecular weight is 270 g/mol. The van der Waals surface area contributed by atoms with E-state index in [1.165, 1.54) is 25.9 Å². The van der Waals surface area contributed by atoms with Crippen molar-refractivity contribution in [1.82, 2.24) is 9.80 Å². The second-order valence-electron chi connectivity index (χ2n) is 6.43. The Morgan fingerprint density at radius 2 is 1.94 bits per heavy atom. The molecule has 1 atom stereocenters.